The van der Waals surface area contributed by atoms with Gasteiger partial charge in [0.25, 0.3) is 0 Å². The molecular weight excluding hydrogens is 200 g/mol. The van der Waals surface area contributed by atoms with Gasteiger partial charge in [-0.05, 0) is 24.1 Å². The van der Waals surface area contributed by atoms with Crippen LogP contribution >= 0.6 is 0 Å². The molecule has 0 spiro atoms. The minimum absolute atomic E-state index is 0.891. The predicted octanol–water partition coefficient (Wildman–Crippen LogP) is 2.71. The van der Waals surface area contributed by atoms with E-state index in [1.165, 1.54) is 5.56 Å². The van der Waals surface area contributed by atoms with E-state index < -0.39 is 0 Å². The second-order valence-electron chi connectivity index (χ2n) is 3.45. The summed E-state index contributed by atoms with van der Waals surface area (Å²) in [6.07, 6.45) is 4.23. The van der Waals surface area contributed by atoms with E-state index in [0.29, 0.717) is 0 Å². The number of hydrogen-bond donors (Lipinski definition) is 0. The molecule has 16 heavy (non-hydrogen) atoms. The number of benzene rings is 1. The molecule has 3 nitrogen and oxygen atoms in total. The molecule has 2 aromatic rings. The molecule has 0 aliphatic carbocycles. The fraction of sp³-hybridized carbons (Fsp3) is 0.231. The zero-order chi connectivity index (χ0) is 11.4. The normalized spacial score (nSPS) is 10.1. The van der Waals surface area contributed by atoms with E-state index >= 15 is 0 Å². The largest absolute Gasteiger partial charge is 0.496 e. The average Bonchev–Trinajstić information content (AvgIpc) is 2.38. The van der Waals surface area contributed by atoms with Gasteiger partial charge in [0.1, 0.15) is 12.1 Å². The van der Waals surface area contributed by atoms with Crippen LogP contribution in [0.4, 0.5) is 0 Å². The summed E-state index contributed by atoms with van der Waals surface area (Å²) in [4.78, 5) is 8.16. The summed E-state index contributed by atoms with van der Waals surface area (Å²) in [5.41, 5.74) is 3.10. The molecule has 0 bridgehead atoms. The first-order valence-corrected chi connectivity index (χ1v) is 5.29. The molecule has 1 aromatic carbocycles. The highest BCUT2D eigenvalue weighted by atomic mass is 16.5. The van der Waals surface area contributed by atoms with Crippen molar-refractivity contribution in [3.8, 4) is 17.0 Å². The van der Waals surface area contributed by atoms with Crippen molar-refractivity contribution < 1.29 is 4.74 Å². The molecule has 1 aromatic heterocycles. The van der Waals surface area contributed by atoms with Gasteiger partial charge in [0.2, 0.25) is 0 Å². The van der Waals surface area contributed by atoms with Crippen molar-refractivity contribution in [3.05, 3.63) is 42.4 Å². The molecule has 82 valence electrons. The van der Waals surface area contributed by atoms with Gasteiger partial charge in [-0.2, -0.15) is 0 Å². The molecule has 1 heterocycles. The second kappa shape index (κ2) is 4.75. The van der Waals surface area contributed by atoms with Crippen molar-refractivity contribution in [1.29, 1.82) is 0 Å². The topological polar surface area (TPSA) is 35.0 Å². The van der Waals surface area contributed by atoms with Crippen LogP contribution in [0.25, 0.3) is 11.3 Å². The van der Waals surface area contributed by atoms with Gasteiger partial charge in [0, 0.05) is 11.8 Å². The standard InChI is InChI=1S/C13H14N2O/c1-3-10-5-4-6-11(13(10)16-2)12-7-8-14-9-15-12/h4-9H,3H2,1-2H3. The van der Waals surface area contributed by atoms with Gasteiger partial charge in [0.05, 0.1) is 12.8 Å². The van der Waals surface area contributed by atoms with Crippen LogP contribution in [-0.2, 0) is 6.42 Å². The highest BCUT2D eigenvalue weighted by molar-refractivity contribution is 5.68. The Morgan fingerprint density at radius 3 is 2.75 bits per heavy atom. The van der Waals surface area contributed by atoms with E-state index in [9.17, 15) is 0 Å². The van der Waals surface area contributed by atoms with Gasteiger partial charge in [-0.1, -0.05) is 19.1 Å². The molecular formula is C13H14N2O. The lowest BCUT2D eigenvalue weighted by Gasteiger charge is -2.11. The Hall–Kier alpha value is -1.90. The van der Waals surface area contributed by atoms with Crippen LogP contribution < -0.4 is 4.74 Å². The Morgan fingerprint density at radius 1 is 1.25 bits per heavy atom. The summed E-state index contributed by atoms with van der Waals surface area (Å²) in [5, 5.41) is 0. The number of hydrogen-bond acceptors (Lipinski definition) is 3. The number of nitrogens with zero attached hydrogens (tertiary/aromatic N) is 2. The minimum Gasteiger partial charge on any atom is -0.496 e. The van der Waals surface area contributed by atoms with Crippen molar-refractivity contribution in [2.45, 2.75) is 13.3 Å². The molecule has 0 aliphatic rings. The first-order chi connectivity index (χ1) is 7.86. The van der Waals surface area contributed by atoms with Crippen LogP contribution in [-0.4, -0.2) is 17.1 Å². The molecule has 0 amide bonds. The molecule has 0 saturated carbocycles. The molecule has 0 fully saturated rings. The molecule has 2 rings (SSSR count). The summed E-state index contributed by atoms with van der Waals surface area (Å²) in [6, 6.07) is 8.00. The van der Waals surface area contributed by atoms with Gasteiger partial charge in [-0.15, -0.1) is 0 Å². The first-order valence-electron chi connectivity index (χ1n) is 5.29. The SMILES string of the molecule is CCc1cccc(-c2ccncn2)c1OC. The summed E-state index contributed by atoms with van der Waals surface area (Å²) in [6.45, 7) is 2.11. The lowest BCUT2D eigenvalue weighted by Crippen LogP contribution is -1.94. The van der Waals surface area contributed by atoms with Gasteiger partial charge in [0.15, 0.2) is 0 Å². The van der Waals surface area contributed by atoms with Crippen LogP contribution in [0, 0.1) is 0 Å². The van der Waals surface area contributed by atoms with E-state index in [2.05, 4.69) is 23.0 Å². The number of aryl methyl sites for hydroxylation is 1. The second-order valence-corrected chi connectivity index (χ2v) is 3.45. The number of rotatable bonds is 3. The van der Waals surface area contributed by atoms with Gasteiger partial charge in [-0.3, -0.25) is 0 Å². The quantitative estimate of drug-likeness (QED) is 0.788. The number of methoxy groups -OCH3 is 1. The van der Waals surface area contributed by atoms with Crippen LogP contribution in [0.5, 0.6) is 5.75 Å². The van der Waals surface area contributed by atoms with Gasteiger partial charge >= 0.3 is 0 Å². The Balaban J connectivity index is 2.57. The summed E-state index contributed by atoms with van der Waals surface area (Å²) >= 11 is 0. The Morgan fingerprint density at radius 2 is 2.12 bits per heavy atom. The van der Waals surface area contributed by atoms with Crippen LogP contribution in [0.2, 0.25) is 0 Å². The lowest BCUT2D eigenvalue weighted by atomic mass is 10.0. The maximum Gasteiger partial charge on any atom is 0.131 e. The molecule has 0 aliphatic heterocycles. The molecule has 0 atom stereocenters. The lowest BCUT2D eigenvalue weighted by molar-refractivity contribution is 0.411. The molecule has 0 radical (unpaired) electrons. The summed E-state index contributed by atoms with van der Waals surface area (Å²) in [5.74, 6) is 0.906. The van der Waals surface area contributed by atoms with E-state index in [1.807, 2.05) is 18.2 Å². The monoisotopic (exact) mass is 214 g/mol. The average molecular weight is 214 g/mol. The highest BCUT2D eigenvalue weighted by Gasteiger charge is 2.09. The van der Waals surface area contributed by atoms with Crippen molar-refractivity contribution in [3.63, 3.8) is 0 Å². The maximum atomic E-state index is 5.46. The first kappa shape index (κ1) is 10.6. The van der Waals surface area contributed by atoms with Crippen molar-refractivity contribution in [1.82, 2.24) is 9.97 Å². The van der Waals surface area contributed by atoms with E-state index in [0.717, 1.165) is 23.4 Å². The highest BCUT2D eigenvalue weighted by Crippen LogP contribution is 2.31. The molecule has 0 unspecified atom stereocenters. The molecule has 3 heteroatoms. The fourth-order valence-electron chi connectivity index (χ4n) is 1.76. The molecule has 0 saturated heterocycles. The summed E-state index contributed by atoms with van der Waals surface area (Å²) < 4.78 is 5.46. The van der Waals surface area contributed by atoms with Crippen LogP contribution in [0.3, 0.4) is 0 Å². The third-order valence-electron chi connectivity index (χ3n) is 2.54. The predicted molar refractivity (Wildman–Crippen MR) is 63.4 cm³/mol. The smallest absolute Gasteiger partial charge is 0.131 e. The van der Waals surface area contributed by atoms with Crippen LogP contribution in [0.15, 0.2) is 36.8 Å². The molecule has 0 N–H and O–H groups in total. The number of aromatic nitrogens is 2. The van der Waals surface area contributed by atoms with Crippen molar-refractivity contribution in [2.24, 2.45) is 0 Å². The van der Waals surface area contributed by atoms with E-state index in [1.54, 1.807) is 19.6 Å². The third kappa shape index (κ3) is 1.89. The fourth-order valence-corrected chi connectivity index (χ4v) is 1.76. The third-order valence-corrected chi connectivity index (χ3v) is 2.54. The van der Waals surface area contributed by atoms with E-state index in [4.69, 9.17) is 4.74 Å². The zero-order valence-electron chi connectivity index (χ0n) is 9.47. The van der Waals surface area contributed by atoms with E-state index in [-0.39, 0.29) is 0 Å². The Kier molecular flexibility index (Phi) is 3.15. The Bertz CT molecular complexity index is 469. The van der Waals surface area contributed by atoms with Crippen molar-refractivity contribution in [2.75, 3.05) is 7.11 Å². The number of ether oxygens (including phenoxy) is 1. The van der Waals surface area contributed by atoms with Gasteiger partial charge in [-0.25, -0.2) is 9.97 Å². The van der Waals surface area contributed by atoms with Crippen molar-refractivity contribution >= 4 is 0 Å². The Labute approximate surface area is 95.1 Å². The van der Waals surface area contributed by atoms with Gasteiger partial charge < -0.3 is 4.74 Å². The maximum absolute atomic E-state index is 5.46. The zero-order valence-corrected chi connectivity index (χ0v) is 9.47. The van der Waals surface area contributed by atoms with Crippen LogP contribution in [0.1, 0.15) is 12.5 Å². The summed E-state index contributed by atoms with van der Waals surface area (Å²) in [7, 11) is 1.69. The minimum atomic E-state index is 0.891. The number of para-hydroxylation sites is 1.